The summed E-state index contributed by atoms with van der Waals surface area (Å²) in [4.78, 5) is 93.5. The average molecular weight is 1150 g/mol. The Morgan fingerprint density at radius 1 is 0.914 bits per heavy atom. The molecule has 5 atom stereocenters. The zero-order valence-corrected chi connectivity index (χ0v) is 47.6. The first-order valence-corrected chi connectivity index (χ1v) is 27.9. The fourth-order valence-corrected chi connectivity index (χ4v) is 10.8. The van der Waals surface area contributed by atoms with Crippen LogP contribution in [0.4, 0.5) is 28.9 Å². The lowest BCUT2D eigenvalue weighted by atomic mass is 9.85. The lowest BCUT2D eigenvalue weighted by molar-refractivity contribution is -0.144. The number of hydrogen-bond acceptors (Lipinski definition) is 14. The standard InChI is InChI=1S/C57H73F4N9O10S/c1-34-30-69(31-35(2)67(34)7)46-27-44(58)41(25-45(46)65-53(75)42-29-62-49(73)26-43(42)57(59,60)61)38-12-16-68(17-13-38)50(74)15-19-79-21-23-80-22-20-78-18-14-48(72)66-52(56(4,5)6)55(77)70-32-40(71)24-47(70)54(76)63-28-37-8-10-39(11-9-37)51-36(3)64-33-81-51/h8-12,25-27,29,33-35,40,47,52,71H,13-24,28,30-32H2,1-7H3,(H,62,73)(H,63,76)(H,65,75)(H,66,72)/t34-,35+,40-,47+,52?/m1/s1. The molecule has 0 radical (unpaired) electrons. The number of halogens is 4. The third-order valence-corrected chi connectivity index (χ3v) is 15.8. The molecule has 0 saturated carbocycles. The van der Waals surface area contributed by atoms with E-state index in [-0.39, 0.29) is 121 Å². The van der Waals surface area contributed by atoms with Crippen LogP contribution in [0.3, 0.4) is 0 Å². The van der Waals surface area contributed by atoms with Gasteiger partial charge in [-0.3, -0.25) is 33.7 Å². The highest BCUT2D eigenvalue weighted by Crippen LogP contribution is 2.38. The monoisotopic (exact) mass is 1150 g/mol. The number of aliphatic hydroxyl groups excluding tert-OH is 1. The Morgan fingerprint density at radius 3 is 2.17 bits per heavy atom. The van der Waals surface area contributed by atoms with Crippen LogP contribution in [0.2, 0.25) is 0 Å². The van der Waals surface area contributed by atoms with Crippen molar-refractivity contribution < 1.29 is 60.9 Å². The van der Waals surface area contributed by atoms with Crippen LogP contribution in [0, 0.1) is 18.2 Å². The summed E-state index contributed by atoms with van der Waals surface area (Å²) in [7, 11) is 1.96. The zero-order valence-electron chi connectivity index (χ0n) is 46.8. The van der Waals surface area contributed by atoms with E-state index in [1.54, 1.807) is 27.8 Å². The molecular weight excluding hydrogens is 1080 g/mol. The summed E-state index contributed by atoms with van der Waals surface area (Å²) in [5.41, 5.74) is 1.72. The molecule has 440 valence electrons. The highest BCUT2D eigenvalue weighted by atomic mass is 32.1. The van der Waals surface area contributed by atoms with E-state index in [0.29, 0.717) is 36.6 Å². The number of hydrogen-bond donors (Lipinski definition) is 5. The van der Waals surface area contributed by atoms with Crippen molar-refractivity contribution in [2.24, 2.45) is 5.41 Å². The smallest absolute Gasteiger partial charge is 0.391 e. The number of amides is 5. The van der Waals surface area contributed by atoms with Gasteiger partial charge in [0.1, 0.15) is 17.9 Å². The second-order valence-electron chi connectivity index (χ2n) is 21.8. The molecule has 5 amide bonds. The summed E-state index contributed by atoms with van der Waals surface area (Å²) in [5, 5.41) is 18.9. The van der Waals surface area contributed by atoms with Gasteiger partial charge in [0.2, 0.25) is 29.2 Å². The second kappa shape index (κ2) is 27.5. The van der Waals surface area contributed by atoms with Crippen molar-refractivity contribution in [2.45, 2.75) is 110 Å². The molecule has 3 aliphatic heterocycles. The number of aromatic amines is 1. The van der Waals surface area contributed by atoms with Gasteiger partial charge in [-0.25, -0.2) is 9.37 Å². The van der Waals surface area contributed by atoms with Crippen LogP contribution in [0.15, 0.2) is 65.0 Å². The van der Waals surface area contributed by atoms with Crippen molar-refractivity contribution in [1.29, 1.82) is 0 Å². The van der Waals surface area contributed by atoms with Gasteiger partial charge in [-0.2, -0.15) is 13.2 Å². The number of aryl methyl sites for hydroxylation is 1. The first-order chi connectivity index (χ1) is 38.4. The number of likely N-dealkylation sites (tertiary alicyclic amines) is 1. The normalized spacial score (nSPS) is 19.3. The number of carbonyl (C=O) groups is 5. The van der Waals surface area contributed by atoms with E-state index in [1.165, 1.54) is 17.0 Å². The third kappa shape index (κ3) is 16.3. The summed E-state index contributed by atoms with van der Waals surface area (Å²) < 4.78 is 74.8. The van der Waals surface area contributed by atoms with Crippen molar-refractivity contribution in [2.75, 3.05) is 89.6 Å². The number of benzene rings is 2. The lowest BCUT2D eigenvalue weighted by Gasteiger charge is -2.44. The highest BCUT2D eigenvalue weighted by Gasteiger charge is 2.45. The largest absolute Gasteiger partial charge is 0.417 e. The highest BCUT2D eigenvalue weighted by molar-refractivity contribution is 7.13. The topological polar surface area (TPSA) is 228 Å². The number of anilines is 2. The molecule has 2 saturated heterocycles. The minimum atomic E-state index is -5.00. The number of ether oxygens (including phenoxy) is 3. The SMILES string of the molecule is Cc1ncsc1-c1ccc(CNC(=O)[C@@H]2C[C@@H](O)CN2C(=O)C(NC(=O)CCOCCOCCOCCC(=O)N2CC=C(c3cc(NC(=O)c4c[nH]c(=O)cc4C(F)(F)F)c(N4C[C@@H](C)N(C)[C@@H](C)C4)cc3F)CC2)C(C)(C)C)cc1. The van der Waals surface area contributed by atoms with Gasteiger partial charge in [-0.15, -0.1) is 11.3 Å². The number of carbonyl (C=O) groups excluding carboxylic acids is 5. The van der Waals surface area contributed by atoms with E-state index >= 15 is 4.39 Å². The van der Waals surface area contributed by atoms with E-state index in [4.69, 9.17) is 14.2 Å². The number of thiazole rings is 1. The van der Waals surface area contributed by atoms with Gasteiger partial charge in [-0.05, 0) is 68.5 Å². The van der Waals surface area contributed by atoms with E-state index in [0.717, 1.165) is 21.7 Å². The maximum atomic E-state index is 16.1. The van der Waals surface area contributed by atoms with Crippen LogP contribution in [0.25, 0.3) is 16.0 Å². The Kier molecular flexibility index (Phi) is 21.0. The van der Waals surface area contributed by atoms with Gasteiger partial charge in [0.15, 0.2) is 0 Å². The molecule has 0 bridgehead atoms. The van der Waals surface area contributed by atoms with Crippen molar-refractivity contribution in [3.63, 3.8) is 0 Å². The van der Waals surface area contributed by atoms with Crippen molar-refractivity contribution in [3.8, 4) is 10.4 Å². The minimum absolute atomic E-state index is 0.0294. The fraction of sp³-hybridized carbons (Fsp3) is 0.526. The molecule has 2 aromatic heterocycles. The first-order valence-electron chi connectivity index (χ1n) is 27.1. The maximum absolute atomic E-state index is 16.1. The quantitative estimate of drug-likeness (QED) is 0.0450. The number of likely N-dealkylation sites (N-methyl/N-ethyl adjacent to an activating group) is 1. The Morgan fingerprint density at radius 2 is 1.57 bits per heavy atom. The Balaban J connectivity index is 0.806. The van der Waals surface area contributed by atoms with Crippen molar-refractivity contribution in [1.82, 2.24) is 35.3 Å². The maximum Gasteiger partial charge on any atom is 0.417 e. The van der Waals surface area contributed by atoms with Gasteiger partial charge >= 0.3 is 6.18 Å². The molecule has 4 aromatic rings. The number of rotatable bonds is 22. The van der Waals surface area contributed by atoms with E-state index in [1.807, 2.05) is 77.8 Å². The fourth-order valence-electron chi connectivity index (χ4n) is 10.0. The Hall–Kier alpha value is -6.57. The molecule has 1 unspecified atom stereocenters. The molecule has 0 aliphatic carbocycles. The van der Waals surface area contributed by atoms with Gasteiger partial charge in [0, 0.05) is 82.0 Å². The molecule has 2 fully saturated rings. The number of piperazine rings is 1. The molecule has 5 N–H and O–H groups in total. The van der Waals surface area contributed by atoms with Crippen LogP contribution in [0.1, 0.15) is 93.0 Å². The number of nitrogens with one attached hydrogen (secondary N) is 4. The average Bonchev–Trinajstić information content (AvgIpc) is 4.09. The summed E-state index contributed by atoms with van der Waals surface area (Å²) in [5.74, 6) is -3.22. The summed E-state index contributed by atoms with van der Waals surface area (Å²) in [6.07, 6.45) is -3.14. The van der Waals surface area contributed by atoms with Crippen LogP contribution < -0.4 is 26.4 Å². The number of aromatic nitrogens is 2. The number of alkyl halides is 3. The van der Waals surface area contributed by atoms with Crippen LogP contribution in [-0.4, -0.2) is 169 Å². The number of pyridine rings is 1. The van der Waals surface area contributed by atoms with Gasteiger partial charge < -0.3 is 55.0 Å². The van der Waals surface area contributed by atoms with Crippen molar-refractivity contribution in [3.05, 3.63) is 104 Å². The van der Waals surface area contributed by atoms with Crippen LogP contribution in [0.5, 0.6) is 0 Å². The molecule has 24 heteroatoms. The molecule has 7 rings (SSSR count). The van der Waals surface area contributed by atoms with Gasteiger partial charge in [0.25, 0.3) is 5.91 Å². The van der Waals surface area contributed by atoms with E-state index in [2.05, 4.69) is 30.8 Å². The molecule has 81 heavy (non-hydrogen) atoms. The first kappa shape index (κ1) is 62.0. The number of aliphatic hydroxyl groups is 1. The summed E-state index contributed by atoms with van der Waals surface area (Å²) >= 11 is 1.55. The zero-order chi connectivity index (χ0) is 58.8. The molecule has 2 aromatic carbocycles. The minimum Gasteiger partial charge on any atom is -0.391 e. The van der Waals surface area contributed by atoms with E-state index in [9.17, 15) is 47.0 Å². The number of nitrogens with zero attached hydrogens (tertiary/aromatic N) is 5. The number of H-pyrrole nitrogens is 1. The van der Waals surface area contributed by atoms with Gasteiger partial charge in [0.05, 0.1) is 90.7 Å². The summed E-state index contributed by atoms with van der Waals surface area (Å²) in [6.45, 7) is 13.8. The molecule has 19 nitrogen and oxygen atoms in total. The van der Waals surface area contributed by atoms with Crippen molar-refractivity contribution >= 4 is 57.8 Å². The van der Waals surface area contributed by atoms with Gasteiger partial charge in [-0.1, -0.05) is 51.1 Å². The Bertz CT molecular complexity index is 2950. The van der Waals surface area contributed by atoms with E-state index < -0.39 is 75.9 Å². The molecule has 3 aliphatic rings. The number of β-amino-alcohol motifs (C(OH)–C–C–N with tert-alkyl or cyclic N) is 1. The predicted molar refractivity (Wildman–Crippen MR) is 298 cm³/mol. The second-order valence-corrected chi connectivity index (χ2v) is 22.6. The molecule has 0 spiro atoms. The predicted octanol–water partition coefficient (Wildman–Crippen LogP) is 6.00. The lowest BCUT2D eigenvalue weighted by Crippen LogP contribution is -2.57. The summed E-state index contributed by atoms with van der Waals surface area (Å²) in [6, 6.07) is 8.94. The molecule has 5 heterocycles. The third-order valence-electron chi connectivity index (χ3n) is 14.8. The van der Waals surface area contributed by atoms with Crippen LogP contribution in [-0.2, 0) is 46.1 Å². The molecular formula is C57H73F4N9O10S. The Labute approximate surface area is 472 Å². The van der Waals surface area contributed by atoms with Crippen LogP contribution >= 0.6 is 11.3 Å².